The topological polar surface area (TPSA) is 38.0 Å². The molecule has 2 nitrogen and oxygen atoms in total. The number of rotatable bonds is 4. The zero-order valence-electron chi connectivity index (χ0n) is 9.30. The van der Waals surface area contributed by atoms with Crippen molar-refractivity contribution in [3.05, 3.63) is 34.9 Å². The molecule has 0 aliphatic rings. The van der Waals surface area contributed by atoms with Gasteiger partial charge in [0.1, 0.15) is 0 Å². The number of hydrogen-bond acceptors (Lipinski definition) is 2. The normalized spacial score (nSPS) is 12.9. The monoisotopic (exact) mass is 192 g/mol. The molecular weight excluding hydrogens is 172 g/mol. The standard InChI is InChI=1S/C12H20N2/c1-4-14-12(8-13)11-7-5-6-9(2)10(11)3/h5-7,12,14H,4,8,13H2,1-3H3. The molecule has 0 bridgehead atoms. The van der Waals surface area contributed by atoms with Crippen LogP contribution in [0.25, 0.3) is 0 Å². The average Bonchev–Trinajstić information content (AvgIpc) is 2.19. The SMILES string of the molecule is CCNC(CN)c1cccc(C)c1C. The van der Waals surface area contributed by atoms with Crippen molar-refractivity contribution in [2.45, 2.75) is 26.8 Å². The molecule has 0 fully saturated rings. The zero-order chi connectivity index (χ0) is 10.6. The molecule has 1 aromatic carbocycles. The molecule has 0 amide bonds. The summed E-state index contributed by atoms with van der Waals surface area (Å²) in [5, 5.41) is 3.39. The highest BCUT2D eigenvalue weighted by atomic mass is 14.9. The highest BCUT2D eigenvalue weighted by Crippen LogP contribution is 2.19. The molecule has 3 N–H and O–H groups in total. The first kappa shape index (κ1) is 11.2. The van der Waals surface area contributed by atoms with E-state index in [2.05, 4.69) is 44.3 Å². The van der Waals surface area contributed by atoms with E-state index >= 15 is 0 Å². The van der Waals surface area contributed by atoms with E-state index < -0.39 is 0 Å². The van der Waals surface area contributed by atoms with Gasteiger partial charge in [0.15, 0.2) is 0 Å². The van der Waals surface area contributed by atoms with Gasteiger partial charge in [0, 0.05) is 12.6 Å². The quantitative estimate of drug-likeness (QED) is 0.765. The Labute approximate surface area is 86.5 Å². The first-order valence-corrected chi connectivity index (χ1v) is 5.20. The van der Waals surface area contributed by atoms with Gasteiger partial charge in [-0.25, -0.2) is 0 Å². The van der Waals surface area contributed by atoms with Crippen LogP contribution in [-0.4, -0.2) is 13.1 Å². The molecule has 1 atom stereocenters. The Kier molecular flexibility index (Phi) is 4.11. The molecule has 0 aromatic heterocycles. The van der Waals surface area contributed by atoms with Crippen molar-refractivity contribution in [2.75, 3.05) is 13.1 Å². The predicted octanol–water partition coefficient (Wildman–Crippen LogP) is 1.91. The Bertz CT molecular complexity index is 294. The van der Waals surface area contributed by atoms with Crippen LogP contribution in [0.15, 0.2) is 18.2 Å². The smallest absolute Gasteiger partial charge is 0.0447 e. The Hall–Kier alpha value is -0.860. The lowest BCUT2D eigenvalue weighted by atomic mass is 9.97. The van der Waals surface area contributed by atoms with E-state index in [-0.39, 0.29) is 0 Å². The number of likely N-dealkylation sites (N-methyl/N-ethyl adjacent to an activating group) is 1. The van der Waals surface area contributed by atoms with Gasteiger partial charge in [0.25, 0.3) is 0 Å². The summed E-state index contributed by atoms with van der Waals surface area (Å²) in [5.74, 6) is 0. The van der Waals surface area contributed by atoms with Crippen molar-refractivity contribution >= 4 is 0 Å². The van der Waals surface area contributed by atoms with Gasteiger partial charge >= 0.3 is 0 Å². The van der Waals surface area contributed by atoms with Crippen molar-refractivity contribution < 1.29 is 0 Å². The Balaban J connectivity index is 2.97. The fourth-order valence-corrected chi connectivity index (χ4v) is 1.72. The summed E-state index contributed by atoms with van der Waals surface area (Å²) in [5.41, 5.74) is 9.76. The Morgan fingerprint density at radius 2 is 2.07 bits per heavy atom. The van der Waals surface area contributed by atoms with E-state index in [1.54, 1.807) is 0 Å². The summed E-state index contributed by atoms with van der Waals surface area (Å²) in [6.07, 6.45) is 0. The fourth-order valence-electron chi connectivity index (χ4n) is 1.72. The minimum absolute atomic E-state index is 0.292. The van der Waals surface area contributed by atoms with E-state index in [1.165, 1.54) is 16.7 Å². The van der Waals surface area contributed by atoms with Gasteiger partial charge in [0.2, 0.25) is 0 Å². The lowest BCUT2D eigenvalue weighted by Gasteiger charge is -2.19. The average molecular weight is 192 g/mol. The van der Waals surface area contributed by atoms with Crippen molar-refractivity contribution in [1.29, 1.82) is 0 Å². The minimum atomic E-state index is 0.292. The summed E-state index contributed by atoms with van der Waals surface area (Å²) >= 11 is 0. The molecule has 1 aromatic rings. The van der Waals surface area contributed by atoms with Gasteiger partial charge in [-0.1, -0.05) is 25.1 Å². The molecular formula is C12H20N2. The number of benzene rings is 1. The molecule has 0 aliphatic heterocycles. The minimum Gasteiger partial charge on any atom is -0.329 e. The number of hydrogen-bond donors (Lipinski definition) is 2. The fraction of sp³-hybridized carbons (Fsp3) is 0.500. The molecule has 0 radical (unpaired) electrons. The van der Waals surface area contributed by atoms with E-state index in [9.17, 15) is 0 Å². The van der Waals surface area contributed by atoms with Crippen LogP contribution < -0.4 is 11.1 Å². The molecule has 78 valence electrons. The largest absolute Gasteiger partial charge is 0.329 e. The molecule has 14 heavy (non-hydrogen) atoms. The second-order valence-corrected chi connectivity index (χ2v) is 3.64. The Morgan fingerprint density at radius 1 is 1.36 bits per heavy atom. The number of nitrogens with one attached hydrogen (secondary N) is 1. The van der Waals surface area contributed by atoms with Crippen LogP contribution in [0.3, 0.4) is 0 Å². The van der Waals surface area contributed by atoms with Gasteiger partial charge in [-0.2, -0.15) is 0 Å². The molecule has 1 unspecified atom stereocenters. The predicted molar refractivity (Wildman–Crippen MR) is 61.4 cm³/mol. The van der Waals surface area contributed by atoms with Crippen LogP contribution in [0.5, 0.6) is 0 Å². The van der Waals surface area contributed by atoms with E-state index in [0.29, 0.717) is 12.6 Å². The van der Waals surface area contributed by atoms with E-state index in [4.69, 9.17) is 5.73 Å². The molecule has 1 rings (SSSR count). The molecule has 2 heteroatoms. The number of nitrogens with two attached hydrogens (primary N) is 1. The molecule has 0 spiro atoms. The first-order chi connectivity index (χ1) is 6.70. The molecule has 0 heterocycles. The third-order valence-electron chi connectivity index (χ3n) is 2.71. The maximum atomic E-state index is 5.75. The zero-order valence-corrected chi connectivity index (χ0v) is 9.30. The third-order valence-corrected chi connectivity index (χ3v) is 2.71. The van der Waals surface area contributed by atoms with Crippen molar-refractivity contribution in [3.8, 4) is 0 Å². The van der Waals surface area contributed by atoms with Gasteiger partial charge in [-0.15, -0.1) is 0 Å². The van der Waals surface area contributed by atoms with Crippen LogP contribution in [0.2, 0.25) is 0 Å². The van der Waals surface area contributed by atoms with Gasteiger partial charge in [-0.3, -0.25) is 0 Å². The van der Waals surface area contributed by atoms with Crippen LogP contribution >= 0.6 is 0 Å². The second-order valence-electron chi connectivity index (χ2n) is 3.64. The summed E-state index contributed by atoms with van der Waals surface area (Å²) < 4.78 is 0. The van der Waals surface area contributed by atoms with Crippen LogP contribution in [0.4, 0.5) is 0 Å². The summed E-state index contributed by atoms with van der Waals surface area (Å²) in [7, 11) is 0. The summed E-state index contributed by atoms with van der Waals surface area (Å²) in [6, 6.07) is 6.68. The van der Waals surface area contributed by atoms with Crippen LogP contribution in [0.1, 0.15) is 29.7 Å². The molecule has 0 aliphatic carbocycles. The van der Waals surface area contributed by atoms with Crippen LogP contribution in [-0.2, 0) is 0 Å². The van der Waals surface area contributed by atoms with Crippen molar-refractivity contribution in [1.82, 2.24) is 5.32 Å². The number of aryl methyl sites for hydroxylation is 1. The molecule has 0 saturated heterocycles. The highest BCUT2D eigenvalue weighted by molar-refractivity contribution is 5.35. The maximum absolute atomic E-state index is 5.75. The highest BCUT2D eigenvalue weighted by Gasteiger charge is 2.10. The molecule has 0 saturated carbocycles. The lowest BCUT2D eigenvalue weighted by molar-refractivity contribution is 0.559. The van der Waals surface area contributed by atoms with Gasteiger partial charge in [-0.05, 0) is 37.1 Å². The Morgan fingerprint density at radius 3 is 2.64 bits per heavy atom. The third kappa shape index (κ3) is 2.34. The van der Waals surface area contributed by atoms with E-state index in [1.807, 2.05) is 0 Å². The van der Waals surface area contributed by atoms with Gasteiger partial charge < -0.3 is 11.1 Å². The van der Waals surface area contributed by atoms with Crippen molar-refractivity contribution in [3.63, 3.8) is 0 Å². The second kappa shape index (κ2) is 5.13. The van der Waals surface area contributed by atoms with Crippen LogP contribution in [0, 0.1) is 13.8 Å². The van der Waals surface area contributed by atoms with Gasteiger partial charge in [0.05, 0.1) is 0 Å². The summed E-state index contributed by atoms with van der Waals surface area (Å²) in [4.78, 5) is 0. The lowest BCUT2D eigenvalue weighted by Crippen LogP contribution is -2.28. The summed E-state index contributed by atoms with van der Waals surface area (Å²) in [6.45, 7) is 8.00. The van der Waals surface area contributed by atoms with E-state index in [0.717, 1.165) is 6.54 Å². The van der Waals surface area contributed by atoms with Crippen molar-refractivity contribution in [2.24, 2.45) is 5.73 Å². The maximum Gasteiger partial charge on any atom is 0.0447 e. The first-order valence-electron chi connectivity index (χ1n) is 5.20.